The second kappa shape index (κ2) is 16.3. The molecule has 0 aliphatic heterocycles. The number of rotatable bonds is 15. The number of aromatic amines is 3. The van der Waals surface area contributed by atoms with Crippen LogP contribution in [0.3, 0.4) is 0 Å². The van der Waals surface area contributed by atoms with Gasteiger partial charge in [-0.25, -0.2) is 0 Å². The lowest BCUT2D eigenvalue weighted by Crippen LogP contribution is -2.28. The number of H-pyrrole nitrogens is 3. The molecule has 14 nitrogen and oxygen atoms in total. The van der Waals surface area contributed by atoms with Crippen molar-refractivity contribution < 1.29 is 19.2 Å². The number of amidine groups is 1. The Kier molecular flexibility index (Phi) is 12.2. The lowest BCUT2D eigenvalue weighted by molar-refractivity contribution is 0.0947. The van der Waals surface area contributed by atoms with Crippen LogP contribution in [0.25, 0.3) is 0 Å². The van der Waals surface area contributed by atoms with Crippen molar-refractivity contribution in [3.63, 3.8) is 0 Å². The van der Waals surface area contributed by atoms with Gasteiger partial charge in [0.05, 0.1) is 22.9 Å². The number of carbonyl (C=O) groups excluding carboxylic acids is 4. The molecule has 0 atom stereocenters. The highest BCUT2D eigenvalue weighted by Gasteiger charge is 2.22. The second-order valence-corrected chi connectivity index (χ2v) is 12.1. The molecular formula is C33H40Cl2N10O4. The van der Waals surface area contributed by atoms with Crippen LogP contribution in [0.1, 0.15) is 70.5 Å². The zero-order valence-corrected chi connectivity index (χ0v) is 29.1. The van der Waals surface area contributed by atoms with Crippen molar-refractivity contribution in [3.8, 4) is 0 Å². The quantitative estimate of drug-likeness (QED) is 0.0469. The summed E-state index contributed by atoms with van der Waals surface area (Å²) in [6.45, 7) is 8.48. The summed E-state index contributed by atoms with van der Waals surface area (Å²) in [5.74, 6) is -0.797. The number of aromatic nitrogens is 3. The third kappa shape index (κ3) is 8.64. The molecule has 1 aromatic carbocycles. The van der Waals surface area contributed by atoms with Crippen molar-refractivity contribution in [2.24, 2.45) is 5.73 Å². The molecular weight excluding hydrogens is 671 g/mol. The van der Waals surface area contributed by atoms with Crippen molar-refractivity contribution in [2.75, 3.05) is 52.2 Å². The average Bonchev–Trinajstić information content (AvgIpc) is 3.73. The zero-order chi connectivity index (χ0) is 35.8. The van der Waals surface area contributed by atoms with Gasteiger partial charge in [0.25, 0.3) is 23.6 Å². The summed E-state index contributed by atoms with van der Waals surface area (Å²) in [7, 11) is 0. The smallest absolute Gasteiger partial charge is 0.272 e. The maximum absolute atomic E-state index is 13.2. The van der Waals surface area contributed by atoms with Crippen LogP contribution in [0.15, 0.2) is 36.8 Å². The Morgan fingerprint density at radius 3 is 1.61 bits per heavy atom. The molecule has 4 amide bonds. The molecule has 0 bridgehead atoms. The lowest BCUT2D eigenvalue weighted by Gasteiger charge is -2.25. The molecule has 0 spiro atoms. The summed E-state index contributed by atoms with van der Waals surface area (Å²) in [5, 5.41) is 18.4. The van der Waals surface area contributed by atoms with Gasteiger partial charge >= 0.3 is 0 Å². The van der Waals surface area contributed by atoms with Gasteiger partial charge in [-0.1, -0.05) is 0 Å². The van der Waals surface area contributed by atoms with Gasteiger partial charge in [-0.3, -0.25) is 24.6 Å². The van der Waals surface area contributed by atoms with E-state index in [0.29, 0.717) is 64.2 Å². The molecule has 10 N–H and O–H groups in total. The van der Waals surface area contributed by atoms with Crippen LogP contribution in [0.4, 0.5) is 22.7 Å². The molecule has 0 unspecified atom stereocenters. The number of nitrogens with zero attached hydrogens (tertiary/aromatic N) is 1. The molecule has 0 saturated carbocycles. The molecule has 3 heterocycles. The third-order valence-corrected chi connectivity index (χ3v) is 8.37. The van der Waals surface area contributed by atoms with Gasteiger partial charge in [-0.05, 0) is 51.5 Å². The number of nitrogens with two attached hydrogens (primary N) is 1. The molecule has 4 rings (SSSR count). The number of benzene rings is 1. The monoisotopic (exact) mass is 710 g/mol. The van der Waals surface area contributed by atoms with Crippen molar-refractivity contribution in [1.82, 2.24) is 20.3 Å². The number of nitrogens with one attached hydrogen (secondary N) is 8. The standard InChI is InChI=1S/C33H40Cl2N10O4/c1-17-13-21(5-6-25(17)45(11-8-34)12-9-35)30(46)42-22-14-40-28(19(22)3)32(48)44-24-16-41-29(20(24)4)33(49)43-23-15-39-27(18(23)2)31(47)38-10-7-26(36)37/h5-6,13-16,39-41H,7-12H2,1-4H3,(H3,36,37)(H,38,47)(H,42,46)(H,43,49)(H,44,48). The van der Waals surface area contributed by atoms with E-state index < -0.39 is 11.8 Å². The first kappa shape index (κ1) is 36.6. The van der Waals surface area contributed by atoms with Gasteiger partial charge in [0.1, 0.15) is 17.1 Å². The molecule has 0 aliphatic rings. The first-order chi connectivity index (χ1) is 23.4. The van der Waals surface area contributed by atoms with E-state index in [1.807, 2.05) is 13.0 Å². The number of carbonyl (C=O) groups is 4. The van der Waals surface area contributed by atoms with Gasteiger partial charge in [0.2, 0.25) is 0 Å². The molecule has 260 valence electrons. The summed E-state index contributed by atoms with van der Waals surface area (Å²) in [6, 6.07) is 5.40. The minimum absolute atomic E-state index is 0.0344. The van der Waals surface area contributed by atoms with Gasteiger partial charge < -0.3 is 46.9 Å². The highest BCUT2D eigenvalue weighted by molar-refractivity contribution is 6.18. The highest BCUT2D eigenvalue weighted by atomic mass is 35.5. The van der Waals surface area contributed by atoms with E-state index in [0.717, 1.165) is 11.3 Å². The number of hydrogen-bond acceptors (Lipinski definition) is 6. The summed E-state index contributed by atoms with van der Waals surface area (Å²) in [4.78, 5) is 62.7. The van der Waals surface area contributed by atoms with Crippen LogP contribution < -0.4 is 31.9 Å². The van der Waals surface area contributed by atoms with E-state index in [1.54, 1.807) is 39.1 Å². The van der Waals surface area contributed by atoms with Crippen LogP contribution >= 0.6 is 23.2 Å². The maximum atomic E-state index is 13.2. The van der Waals surface area contributed by atoms with E-state index in [1.165, 1.54) is 12.4 Å². The van der Waals surface area contributed by atoms with Gasteiger partial charge in [0.15, 0.2) is 0 Å². The Morgan fingerprint density at radius 2 is 1.18 bits per heavy atom. The number of amides is 4. The van der Waals surface area contributed by atoms with Crippen LogP contribution in [-0.4, -0.2) is 75.8 Å². The maximum Gasteiger partial charge on any atom is 0.272 e. The SMILES string of the molecule is Cc1cc(C(=O)Nc2c[nH]c(C(=O)Nc3c[nH]c(C(=O)Nc4c[nH]c(C(=O)NCCC(=N)N)c4C)c3C)c2C)ccc1N(CCCl)CCCl. The summed E-state index contributed by atoms with van der Waals surface area (Å²) in [5.41, 5.74) is 11.2. The molecule has 16 heteroatoms. The molecule has 0 aliphatic carbocycles. The molecule has 49 heavy (non-hydrogen) atoms. The second-order valence-electron chi connectivity index (χ2n) is 11.4. The first-order valence-corrected chi connectivity index (χ1v) is 16.5. The molecule has 0 fully saturated rings. The Morgan fingerprint density at radius 1 is 0.735 bits per heavy atom. The van der Waals surface area contributed by atoms with Crippen molar-refractivity contribution in [3.05, 3.63) is 81.7 Å². The number of alkyl halides is 2. The summed E-state index contributed by atoms with van der Waals surface area (Å²) < 4.78 is 0. The zero-order valence-electron chi connectivity index (χ0n) is 27.6. The topological polar surface area (TPSA) is 217 Å². The molecule has 3 aromatic heterocycles. The number of anilines is 4. The normalized spacial score (nSPS) is 10.8. The minimum atomic E-state index is -0.473. The fraction of sp³-hybridized carbons (Fsp3) is 0.303. The lowest BCUT2D eigenvalue weighted by atomic mass is 10.1. The van der Waals surface area contributed by atoms with Crippen molar-refractivity contribution in [2.45, 2.75) is 34.1 Å². The van der Waals surface area contributed by atoms with E-state index in [4.69, 9.17) is 34.3 Å². The van der Waals surface area contributed by atoms with Crippen LogP contribution in [-0.2, 0) is 0 Å². The van der Waals surface area contributed by atoms with E-state index >= 15 is 0 Å². The number of hydrogen-bond donors (Lipinski definition) is 9. The van der Waals surface area contributed by atoms with Crippen LogP contribution in [0.5, 0.6) is 0 Å². The van der Waals surface area contributed by atoms with Gasteiger partial charge in [0, 0.05) is 84.3 Å². The number of halogens is 2. The van der Waals surface area contributed by atoms with Gasteiger partial charge in [-0.15, -0.1) is 23.2 Å². The summed E-state index contributed by atoms with van der Waals surface area (Å²) >= 11 is 11.9. The first-order valence-electron chi connectivity index (χ1n) is 15.4. The van der Waals surface area contributed by atoms with Crippen LogP contribution in [0.2, 0.25) is 0 Å². The van der Waals surface area contributed by atoms with Crippen LogP contribution in [0, 0.1) is 33.1 Å². The van der Waals surface area contributed by atoms with Crippen molar-refractivity contribution in [1.29, 1.82) is 5.41 Å². The Balaban J connectivity index is 1.39. The van der Waals surface area contributed by atoms with Crippen molar-refractivity contribution >= 4 is 75.4 Å². The number of aryl methyl sites for hydroxylation is 1. The Labute approximate surface area is 293 Å². The predicted molar refractivity (Wildman–Crippen MR) is 194 cm³/mol. The molecule has 0 radical (unpaired) electrons. The summed E-state index contributed by atoms with van der Waals surface area (Å²) in [6.07, 6.45) is 4.79. The predicted octanol–water partition coefficient (Wildman–Crippen LogP) is 5.00. The Bertz CT molecular complexity index is 1870. The highest BCUT2D eigenvalue weighted by Crippen LogP contribution is 2.26. The Hall–Kier alpha value is -5.21. The third-order valence-electron chi connectivity index (χ3n) is 8.03. The average molecular weight is 712 g/mol. The molecule has 4 aromatic rings. The van der Waals surface area contributed by atoms with Gasteiger partial charge in [-0.2, -0.15) is 0 Å². The van der Waals surface area contributed by atoms with E-state index in [2.05, 4.69) is 41.1 Å². The largest absolute Gasteiger partial charge is 0.388 e. The van der Waals surface area contributed by atoms with E-state index in [-0.39, 0.29) is 47.7 Å². The fourth-order valence-electron chi connectivity index (χ4n) is 5.26. The van der Waals surface area contributed by atoms with E-state index in [9.17, 15) is 19.2 Å². The molecule has 0 saturated heterocycles. The minimum Gasteiger partial charge on any atom is -0.388 e. The fourth-order valence-corrected chi connectivity index (χ4v) is 5.66.